The van der Waals surface area contributed by atoms with Crippen LogP contribution in [0.4, 0.5) is 0 Å². The summed E-state index contributed by atoms with van der Waals surface area (Å²) in [5.74, 6) is 0. The van der Waals surface area contributed by atoms with Crippen molar-refractivity contribution in [3.05, 3.63) is 81.6 Å². The minimum absolute atomic E-state index is 0.202. The first-order valence-corrected chi connectivity index (χ1v) is 10.0. The van der Waals surface area contributed by atoms with Crippen LogP contribution >= 0.6 is 0 Å². The Hall–Kier alpha value is -2.77. The van der Waals surface area contributed by atoms with E-state index in [4.69, 9.17) is 0 Å². The molecule has 1 atom stereocenters. The van der Waals surface area contributed by atoms with Crippen LogP contribution in [0.5, 0.6) is 0 Å². The molecule has 6 nitrogen and oxygen atoms in total. The maximum atomic E-state index is 13.0. The number of aromatic amines is 1. The van der Waals surface area contributed by atoms with Gasteiger partial charge in [0, 0.05) is 17.7 Å². The summed E-state index contributed by atoms with van der Waals surface area (Å²) < 4.78 is 28.8. The molecule has 1 aromatic heterocycles. The maximum absolute atomic E-state index is 13.0. The molecule has 0 spiro atoms. The Bertz CT molecular complexity index is 1100. The van der Waals surface area contributed by atoms with Crippen molar-refractivity contribution in [2.24, 2.45) is 0 Å². The van der Waals surface area contributed by atoms with Gasteiger partial charge in [0.1, 0.15) is 0 Å². The zero-order valence-electron chi connectivity index (χ0n) is 15.4. The Labute approximate surface area is 158 Å². The number of hydrogen-bond donors (Lipinski definition) is 2. The number of benzene rings is 2. The number of H-pyrrole nitrogens is 1. The third-order valence-corrected chi connectivity index (χ3v) is 6.18. The van der Waals surface area contributed by atoms with Crippen LogP contribution in [0.15, 0.2) is 64.3 Å². The van der Waals surface area contributed by atoms with Crippen LogP contribution in [-0.2, 0) is 10.0 Å². The van der Waals surface area contributed by atoms with Gasteiger partial charge in [-0.25, -0.2) is 18.2 Å². The Morgan fingerprint density at radius 2 is 1.74 bits per heavy atom. The van der Waals surface area contributed by atoms with Crippen molar-refractivity contribution in [3.8, 4) is 11.3 Å². The molecule has 0 aliphatic rings. The molecule has 1 heterocycles. The highest BCUT2D eigenvalue weighted by Gasteiger charge is 2.22. The summed E-state index contributed by atoms with van der Waals surface area (Å²) in [6, 6.07) is 15.4. The molecule has 2 aromatic carbocycles. The lowest BCUT2D eigenvalue weighted by Crippen LogP contribution is -2.27. The zero-order valence-corrected chi connectivity index (χ0v) is 16.2. The van der Waals surface area contributed by atoms with Gasteiger partial charge in [-0.1, -0.05) is 30.3 Å². The van der Waals surface area contributed by atoms with Gasteiger partial charge >= 0.3 is 0 Å². The summed E-state index contributed by atoms with van der Waals surface area (Å²) in [6.07, 6.45) is 0. The third-order valence-electron chi connectivity index (χ3n) is 4.52. The first-order chi connectivity index (χ1) is 12.8. The van der Waals surface area contributed by atoms with Gasteiger partial charge in [0.05, 0.1) is 10.6 Å². The van der Waals surface area contributed by atoms with E-state index in [1.165, 1.54) is 6.07 Å². The largest absolute Gasteiger partial charge is 0.268 e. The Morgan fingerprint density at radius 3 is 2.37 bits per heavy atom. The van der Waals surface area contributed by atoms with Crippen LogP contribution in [0.3, 0.4) is 0 Å². The molecule has 140 valence electrons. The highest BCUT2D eigenvalue weighted by atomic mass is 32.2. The molecular weight excluding hydrogens is 362 g/mol. The Balaban J connectivity index is 2.01. The number of aromatic nitrogens is 2. The molecule has 2 N–H and O–H groups in total. The topological polar surface area (TPSA) is 91.9 Å². The van der Waals surface area contributed by atoms with Gasteiger partial charge in [-0.3, -0.25) is 4.79 Å². The van der Waals surface area contributed by atoms with Crippen LogP contribution < -0.4 is 10.3 Å². The van der Waals surface area contributed by atoms with E-state index in [0.29, 0.717) is 16.8 Å². The summed E-state index contributed by atoms with van der Waals surface area (Å²) in [6.45, 7) is 5.44. The highest BCUT2D eigenvalue weighted by molar-refractivity contribution is 7.89. The number of aryl methyl sites for hydroxylation is 1. The third kappa shape index (κ3) is 4.15. The van der Waals surface area contributed by atoms with E-state index in [0.717, 1.165) is 11.1 Å². The van der Waals surface area contributed by atoms with E-state index in [2.05, 4.69) is 14.9 Å². The second-order valence-corrected chi connectivity index (χ2v) is 8.16. The van der Waals surface area contributed by atoms with Crippen LogP contribution in [0, 0.1) is 13.8 Å². The molecule has 7 heteroatoms. The smallest absolute Gasteiger partial charge is 0.264 e. The monoisotopic (exact) mass is 383 g/mol. The van der Waals surface area contributed by atoms with Crippen molar-refractivity contribution >= 4 is 10.0 Å². The van der Waals surface area contributed by atoms with Crippen molar-refractivity contribution in [1.29, 1.82) is 0 Å². The summed E-state index contributed by atoms with van der Waals surface area (Å²) in [4.78, 5) is 11.4. The van der Waals surface area contributed by atoms with Gasteiger partial charge < -0.3 is 0 Å². The summed E-state index contributed by atoms with van der Waals surface area (Å²) in [5.41, 5.74) is 3.21. The average molecular weight is 383 g/mol. The van der Waals surface area contributed by atoms with Crippen LogP contribution in [0.1, 0.15) is 29.7 Å². The van der Waals surface area contributed by atoms with Crippen molar-refractivity contribution in [1.82, 2.24) is 14.9 Å². The standard InChI is InChI=1S/C20H21N3O3S/c1-13-11-17(18-9-10-20(24)22-21-18)12-19(14(13)2)27(25,26)23-15(3)16-7-5-4-6-8-16/h4-12,15,23H,1-3H3,(H,22,24)/t15-/m0/s1. The Kier molecular flexibility index (Phi) is 5.25. The lowest BCUT2D eigenvalue weighted by atomic mass is 10.0. The maximum Gasteiger partial charge on any atom is 0.264 e. The fourth-order valence-corrected chi connectivity index (χ4v) is 4.44. The van der Waals surface area contributed by atoms with Crippen LogP contribution in [0.2, 0.25) is 0 Å². The lowest BCUT2D eigenvalue weighted by molar-refractivity contribution is 0.566. The molecular formula is C20H21N3O3S. The second kappa shape index (κ2) is 7.46. The molecule has 0 fully saturated rings. The fourth-order valence-electron chi connectivity index (χ4n) is 2.87. The summed E-state index contributed by atoms with van der Waals surface area (Å²) in [5, 5.41) is 6.37. The van der Waals surface area contributed by atoms with E-state index in [9.17, 15) is 13.2 Å². The minimum Gasteiger partial charge on any atom is -0.268 e. The molecule has 3 aromatic rings. The average Bonchev–Trinajstić information content (AvgIpc) is 2.64. The number of nitrogens with one attached hydrogen (secondary N) is 2. The van der Waals surface area contributed by atoms with Crippen molar-refractivity contribution < 1.29 is 8.42 Å². The molecule has 0 saturated carbocycles. The fraction of sp³-hybridized carbons (Fsp3) is 0.200. The van der Waals surface area contributed by atoms with Crippen molar-refractivity contribution in [2.75, 3.05) is 0 Å². The first kappa shape index (κ1) is 19.0. The predicted molar refractivity (Wildman–Crippen MR) is 105 cm³/mol. The Morgan fingerprint density at radius 1 is 1.04 bits per heavy atom. The zero-order chi connectivity index (χ0) is 19.6. The van der Waals surface area contributed by atoms with Crippen molar-refractivity contribution in [2.45, 2.75) is 31.7 Å². The quantitative estimate of drug-likeness (QED) is 0.708. The molecule has 0 bridgehead atoms. The predicted octanol–water partition coefficient (Wildman–Crippen LogP) is 3.09. The summed E-state index contributed by atoms with van der Waals surface area (Å²) >= 11 is 0. The summed E-state index contributed by atoms with van der Waals surface area (Å²) in [7, 11) is -3.75. The molecule has 0 saturated heterocycles. The molecule has 0 unspecified atom stereocenters. The molecule has 0 aliphatic carbocycles. The normalized spacial score (nSPS) is 12.7. The molecule has 0 radical (unpaired) electrons. The second-order valence-electron chi connectivity index (χ2n) is 6.48. The van der Waals surface area contributed by atoms with Crippen molar-refractivity contribution in [3.63, 3.8) is 0 Å². The van der Waals surface area contributed by atoms with Gasteiger partial charge in [-0.15, -0.1) is 0 Å². The number of sulfonamides is 1. The SMILES string of the molecule is Cc1cc(-c2ccc(=O)[nH]n2)cc(S(=O)(=O)N[C@@H](C)c2ccccc2)c1C. The van der Waals surface area contributed by atoms with E-state index in [-0.39, 0.29) is 16.5 Å². The van der Waals surface area contributed by atoms with E-state index < -0.39 is 10.0 Å². The molecule has 0 amide bonds. The number of hydrogen-bond acceptors (Lipinski definition) is 4. The van der Waals surface area contributed by atoms with Gasteiger partial charge in [-0.2, -0.15) is 5.10 Å². The van der Waals surface area contributed by atoms with E-state index >= 15 is 0 Å². The highest BCUT2D eigenvalue weighted by Crippen LogP contribution is 2.27. The first-order valence-electron chi connectivity index (χ1n) is 8.52. The van der Waals surface area contributed by atoms with Gasteiger partial charge in [0.2, 0.25) is 10.0 Å². The van der Waals surface area contributed by atoms with E-state index in [1.807, 2.05) is 50.2 Å². The molecule has 3 rings (SSSR count). The minimum atomic E-state index is -3.75. The molecule has 27 heavy (non-hydrogen) atoms. The van der Waals surface area contributed by atoms with Crippen LogP contribution in [0.25, 0.3) is 11.3 Å². The van der Waals surface area contributed by atoms with E-state index in [1.54, 1.807) is 19.1 Å². The number of rotatable bonds is 5. The van der Waals surface area contributed by atoms with Gasteiger partial charge in [0.15, 0.2) is 0 Å². The van der Waals surface area contributed by atoms with Gasteiger partial charge in [0.25, 0.3) is 5.56 Å². The van der Waals surface area contributed by atoms with Crippen LogP contribution in [-0.4, -0.2) is 18.6 Å². The lowest BCUT2D eigenvalue weighted by Gasteiger charge is -2.17. The number of nitrogens with zero attached hydrogens (tertiary/aromatic N) is 1. The van der Waals surface area contributed by atoms with Gasteiger partial charge in [-0.05, 0) is 55.7 Å². The molecule has 0 aliphatic heterocycles.